The van der Waals surface area contributed by atoms with Crippen LogP contribution in [-0.2, 0) is 21.4 Å². The van der Waals surface area contributed by atoms with E-state index in [1.54, 1.807) is 18.6 Å². The number of thioether (sulfide) groups is 1. The molecule has 9 heteroatoms. The van der Waals surface area contributed by atoms with E-state index in [1.807, 2.05) is 34.7 Å². The Morgan fingerprint density at radius 3 is 2.68 bits per heavy atom. The number of aromatic nitrogens is 4. The molecule has 196 valence electrons. The van der Waals surface area contributed by atoms with Crippen molar-refractivity contribution >= 4 is 23.5 Å². The Labute approximate surface area is 225 Å². The third-order valence-corrected chi connectivity index (χ3v) is 8.67. The van der Waals surface area contributed by atoms with Crippen LogP contribution in [0.5, 0.6) is 5.75 Å². The molecule has 2 heterocycles. The fourth-order valence-corrected chi connectivity index (χ4v) is 6.90. The lowest BCUT2D eigenvalue weighted by Gasteiger charge is -2.42. The van der Waals surface area contributed by atoms with Crippen molar-refractivity contribution in [1.29, 1.82) is 0 Å². The van der Waals surface area contributed by atoms with Gasteiger partial charge in [0.15, 0.2) is 5.16 Å². The topological polar surface area (TPSA) is 87.7 Å². The second-order valence-corrected chi connectivity index (χ2v) is 10.9. The smallest absolute Gasteiger partial charge is 0.316 e. The molecule has 2 aromatic carbocycles. The molecule has 6 rings (SSSR count). The van der Waals surface area contributed by atoms with Gasteiger partial charge in [0.25, 0.3) is 5.56 Å². The van der Waals surface area contributed by atoms with Gasteiger partial charge in [-0.25, -0.2) is 4.57 Å². The average Bonchev–Trinajstić information content (AvgIpc) is 3.36. The minimum Gasteiger partial charge on any atom is -0.497 e. The first-order valence-corrected chi connectivity index (χ1v) is 14.1. The van der Waals surface area contributed by atoms with Gasteiger partial charge in [-0.2, -0.15) is 0 Å². The van der Waals surface area contributed by atoms with Gasteiger partial charge in [0, 0.05) is 22.6 Å². The molecular formula is C29H30N4O4S. The quantitative estimate of drug-likeness (QED) is 0.257. The Bertz CT molecular complexity index is 1590. The predicted octanol–water partition coefficient (Wildman–Crippen LogP) is 4.97. The van der Waals surface area contributed by atoms with Gasteiger partial charge in [-0.05, 0) is 43.9 Å². The first-order valence-electron chi connectivity index (χ1n) is 13.1. The van der Waals surface area contributed by atoms with E-state index in [0.29, 0.717) is 29.0 Å². The lowest BCUT2D eigenvalue weighted by Crippen LogP contribution is -2.43. The summed E-state index contributed by atoms with van der Waals surface area (Å²) in [6.07, 6.45) is 6.11. The van der Waals surface area contributed by atoms with Crippen LogP contribution in [0.2, 0.25) is 0 Å². The third kappa shape index (κ3) is 4.00. The molecule has 2 aliphatic rings. The van der Waals surface area contributed by atoms with Crippen molar-refractivity contribution in [2.45, 2.75) is 56.0 Å². The molecule has 0 bridgehead atoms. The number of nitrogens with zero attached hydrogens (tertiary/aromatic N) is 4. The molecule has 0 saturated heterocycles. The summed E-state index contributed by atoms with van der Waals surface area (Å²) < 4.78 is 14.3. The molecule has 1 saturated carbocycles. The van der Waals surface area contributed by atoms with Gasteiger partial charge >= 0.3 is 5.97 Å². The second-order valence-electron chi connectivity index (χ2n) is 9.95. The molecule has 1 spiro atoms. The Balaban J connectivity index is 1.69. The molecule has 8 nitrogen and oxygen atoms in total. The molecule has 0 aliphatic heterocycles. The second kappa shape index (κ2) is 9.94. The fourth-order valence-electron chi connectivity index (χ4n) is 6.17. The molecule has 0 unspecified atom stereocenters. The largest absolute Gasteiger partial charge is 0.497 e. The lowest BCUT2D eigenvalue weighted by atomic mass is 9.62. The van der Waals surface area contributed by atoms with Crippen LogP contribution in [0.1, 0.15) is 50.2 Å². The van der Waals surface area contributed by atoms with Crippen LogP contribution in [-0.4, -0.2) is 44.6 Å². The van der Waals surface area contributed by atoms with Crippen LogP contribution in [0.25, 0.3) is 22.7 Å². The summed E-state index contributed by atoms with van der Waals surface area (Å²) in [6.45, 7) is 2.11. The number of benzene rings is 2. The fraction of sp³-hybridized carbons (Fsp3) is 0.379. The van der Waals surface area contributed by atoms with Crippen LogP contribution >= 0.6 is 11.8 Å². The standard InChI is InChI=1S/C29H30N4O4S/c1-3-37-23(34)18-38-28-31-30-27-32(20-11-9-12-21(16-20)36-2)26(35)24-25(33(27)28)22-13-6-5-10-19(22)17-29(24)14-7-4-8-15-29/h5-6,9-13,16H,3-4,7-8,14-15,17-18H2,1-2H3. The van der Waals surface area contributed by atoms with E-state index < -0.39 is 0 Å². The van der Waals surface area contributed by atoms with Gasteiger partial charge in [-0.15, -0.1) is 10.2 Å². The Hall–Kier alpha value is -3.59. The van der Waals surface area contributed by atoms with Gasteiger partial charge in [-0.1, -0.05) is 61.4 Å². The van der Waals surface area contributed by atoms with Crippen LogP contribution in [0.3, 0.4) is 0 Å². The zero-order chi connectivity index (χ0) is 26.3. The molecule has 1 fully saturated rings. The lowest BCUT2D eigenvalue weighted by molar-refractivity contribution is -0.139. The van der Waals surface area contributed by atoms with Gasteiger partial charge in [-0.3, -0.25) is 14.0 Å². The van der Waals surface area contributed by atoms with Crippen molar-refractivity contribution < 1.29 is 14.3 Å². The summed E-state index contributed by atoms with van der Waals surface area (Å²) in [5.74, 6) is 0.859. The third-order valence-electron chi connectivity index (χ3n) is 7.77. The number of carbonyl (C=O) groups is 1. The maximum absolute atomic E-state index is 14.6. The minimum absolute atomic E-state index is 0.0634. The maximum atomic E-state index is 14.6. The van der Waals surface area contributed by atoms with Crippen LogP contribution in [0, 0.1) is 0 Å². The number of methoxy groups -OCH3 is 1. The molecule has 0 atom stereocenters. The summed E-state index contributed by atoms with van der Waals surface area (Å²) >= 11 is 1.28. The number of esters is 1. The maximum Gasteiger partial charge on any atom is 0.316 e. The van der Waals surface area contributed by atoms with Crippen molar-refractivity contribution in [3.63, 3.8) is 0 Å². The normalized spacial score (nSPS) is 15.7. The summed E-state index contributed by atoms with van der Waals surface area (Å²) in [7, 11) is 1.61. The van der Waals surface area contributed by atoms with E-state index in [1.165, 1.54) is 23.7 Å². The predicted molar refractivity (Wildman–Crippen MR) is 146 cm³/mol. The highest BCUT2D eigenvalue weighted by Gasteiger charge is 2.44. The van der Waals surface area contributed by atoms with Gasteiger partial charge in [0.2, 0.25) is 5.78 Å². The van der Waals surface area contributed by atoms with Crippen molar-refractivity contribution in [3.8, 4) is 22.7 Å². The Morgan fingerprint density at radius 1 is 1.08 bits per heavy atom. The van der Waals surface area contributed by atoms with E-state index in [4.69, 9.17) is 9.47 Å². The van der Waals surface area contributed by atoms with Crippen molar-refractivity contribution in [2.75, 3.05) is 19.5 Å². The first kappa shape index (κ1) is 24.7. The molecule has 0 N–H and O–H groups in total. The first-order chi connectivity index (χ1) is 18.6. The van der Waals surface area contributed by atoms with Crippen molar-refractivity contribution in [2.24, 2.45) is 0 Å². The monoisotopic (exact) mass is 530 g/mol. The summed E-state index contributed by atoms with van der Waals surface area (Å²) in [5.41, 5.74) is 4.27. The summed E-state index contributed by atoms with van der Waals surface area (Å²) in [6, 6.07) is 15.8. The SMILES string of the molecule is CCOC(=O)CSc1nnc2n(-c3cccc(OC)c3)c(=O)c3c(n12)-c1ccccc1CC31CCCCC1. The van der Waals surface area contributed by atoms with E-state index in [2.05, 4.69) is 28.4 Å². The highest BCUT2D eigenvalue weighted by molar-refractivity contribution is 7.99. The van der Waals surface area contributed by atoms with Crippen molar-refractivity contribution in [3.05, 3.63) is 70.0 Å². The van der Waals surface area contributed by atoms with E-state index in [0.717, 1.165) is 48.9 Å². The van der Waals surface area contributed by atoms with Crippen molar-refractivity contribution in [1.82, 2.24) is 19.2 Å². The number of hydrogen-bond acceptors (Lipinski definition) is 7. The molecule has 38 heavy (non-hydrogen) atoms. The van der Waals surface area contributed by atoms with Crippen LogP contribution in [0.4, 0.5) is 0 Å². The van der Waals surface area contributed by atoms with E-state index >= 15 is 0 Å². The zero-order valence-electron chi connectivity index (χ0n) is 21.6. The van der Waals surface area contributed by atoms with E-state index in [9.17, 15) is 9.59 Å². The number of ether oxygens (including phenoxy) is 2. The molecular weight excluding hydrogens is 500 g/mol. The Kier molecular flexibility index (Phi) is 6.47. The zero-order valence-corrected chi connectivity index (χ0v) is 22.4. The molecule has 2 aromatic heterocycles. The van der Waals surface area contributed by atoms with Gasteiger partial charge in [0.05, 0.1) is 30.9 Å². The summed E-state index contributed by atoms with van der Waals surface area (Å²) in [5, 5.41) is 9.56. The molecule has 0 amide bonds. The van der Waals surface area contributed by atoms with Crippen LogP contribution in [0.15, 0.2) is 58.5 Å². The highest BCUT2D eigenvalue weighted by Crippen LogP contribution is 2.49. The molecule has 0 radical (unpaired) electrons. The van der Waals surface area contributed by atoms with Crippen LogP contribution < -0.4 is 10.3 Å². The average molecular weight is 531 g/mol. The number of rotatable bonds is 6. The highest BCUT2D eigenvalue weighted by atomic mass is 32.2. The number of carbonyl (C=O) groups excluding carboxylic acids is 1. The minimum atomic E-state index is -0.312. The molecule has 4 aromatic rings. The Morgan fingerprint density at radius 2 is 1.89 bits per heavy atom. The number of fused-ring (bicyclic) bond motifs is 6. The van der Waals surface area contributed by atoms with E-state index in [-0.39, 0.29) is 22.7 Å². The molecule has 2 aliphatic carbocycles. The van der Waals surface area contributed by atoms with Gasteiger partial charge < -0.3 is 9.47 Å². The number of hydrogen-bond donors (Lipinski definition) is 0. The summed E-state index contributed by atoms with van der Waals surface area (Å²) in [4.78, 5) is 26.9. The van der Waals surface area contributed by atoms with Gasteiger partial charge in [0.1, 0.15) is 5.75 Å².